The third-order valence-electron chi connectivity index (χ3n) is 4.76. The summed E-state index contributed by atoms with van der Waals surface area (Å²) in [6, 6.07) is 2.83. The van der Waals surface area contributed by atoms with Crippen LogP contribution in [-0.4, -0.2) is 22.4 Å². The fraction of sp³-hybridized carbons (Fsp3) is 0.824. The molecular weight excluding hydrogens is 246 g/mol. The average Bonchev–Trinajstić information content (AvgIpc) is 2.69. The molecule has 1 N–H and O–H groups in total. The van der Waals surface area contributed by atoms with Gasteiger partial charge < -0.3 is 5.32 Å². The highest BCUT2D eigenvalue weighted by atomic mass is 15.2. The lowest BCUT2D eigenvalue weighted by atomic mass is 9.90. The van der Waals surface area contributed by atoms with Crippen molar-refractivity contribution in [3.8, 4) is 0 Å². The zero-order valence-electron chi connectivity index (χ0n) is 13.3. The van der Waals surface area contributed by atoms with E-state index >= 15 is 0 Å². The Morgan fingerprint density at radius 3 is 2.65 bits per heavy atom. The van der Waals surface area contributed by atoms with E-state index in [1.807, 2.05) is 17.9 Å². The van der Waals surface area contributed by atoms with Crippen LogP contribution in [0.1, 0.15) is 64.0 Å². The molecule has 0 amide bonds. The number of rotatable bonds is 7. The van der Waals surface area contributed by atoms with Crippen molar-refractivity contribution in [1.82, 2.24) is 15.1 Å². The molecule has 1 aliphatic carbocycles. The SMILES string of the molecule is CCNC(CCc1ccnn1C)CC1CCCCCC1. The Kier molecular flexibility index (Phi) is 6.58. The molecule has 1 aromatic rings. The summed E-state index contributed by atoms with van der Waals surface area (Å²) >= 11 is 0. The molecule has 3 heteroatoms. The van der Waals surface area contributed by atoms with Crippen LogP contribution in [0.5, 0.6) is 0 Å². The normalized spacial score (nSPS) is 18.9. The molecule has 1 saturated carbocycles. The van der Waals surface area contributed by atoms with Crippen molar-refractivity contribution in [1.29, 1.82) is 0 Å². The lowest BCUT2D eigenvalue weighted by Gasteiger charge is -2.23. The summed E-state index contributed by atoms with van der Waals surface area (Å²) < 4.78 is 2.01. The van der Waals surface area contributed by atoms with E-state index in [4.69, 9.17) is 0 Å². The van der Waals surface area contributed by atoms with Crippen molar-refractivity contribution < 1.29 is 0 Å². The van der Waals surface area contributed by atoms with Gasteiger partial charge in [0.15, 0.2) is 0 Å². The van der Waals surface area contributed by atoms with Crippen molar-refractivity contribution in [2.75, 3.05) is 6.54 Å². The highest BCUT2D eigenvalue weighted by Gasteiger charge is 2.18. The predicted octanol–water partition coefficient (Wildman–Crippen LogP) is 3.69. The van der Waals surface area contributed by atoms with E-state index in [-0.39, 0.29) is 0 Å². The summed E-state index contributed by atoms with van der Waals surface area (Å²) in [5, 5.41) is 7.97. The van der Waals surface area contributed by atoms with Gasteiger partial charge in [0.1, 0.15) is 0 Å². The minimum atomic E-state index is 0.679. The van der Waals surface area contributed by atoms with Crippen molar-refractivity contribution in [2.45, 2.75) is 70.8 Å². The molecule has 0 radical (unpaired) electrons. The van der Waals surface area contributed by atoms with E-state index in [0.29, 0.717) is 6.04 Å². The van der Waals surface area contributed by atoms with Gasteiger partial charge in [0.25, 0.3) is 0 Å². The summed E-state index contributed by atoms with van der Waals surface area (Å²) in [7, 11) is 2.04. The fourth-order valence-corrected chi connectivity index (χ4v) is 3.56. The van der Waals surface area contributed by atoms with Crippen LogP contribution in [0.2, 0.25) is 0 Å². The standard InChI is InChI=1S/C17H31N3/c1-3-18-16(10-11-17-12-13-19-20(17)2)14-15-8-6-4-5-7-9-15/h12-13,15-16,18H,3-11,14H2,1-2H3. The quantitative estimate of drug-likeness (QED) is 0.770. The Hall–Kier alpha value is -0.830. The average molecular weight is 277 g/mol. The zero-order valence-corrected chi connectivity index (χ0v) is 13.3. The molecule has 1 unspecified atom stereocenters. The molecule has 0 bridgehead atoms. The summed E-state index contributed by atoms with van der Waals surface area (Å²) in [5.74, 6) is 0.952. The second-order valence-electron chi connectivity index (χ2n) is 6.33. The van der Waals surface area contributed by atoms with Gasteiger partial charge in [0.2, 0.25) is 0 Å². The summed E-state index contributed by atoms with van der Waals surface area (Å²) in [6.07, 6.45) is 14.4. The number of aryl methyl sites for hydroxylation is 2. The van der Waals surface area contributed by atoms with Gasteiger partial charge in [-0.15, -0.1) is 0 Å². The first-order valence-corrected chi connectivity index (χ1v) is 8.50. The zero-order chi connectivity index (χ0) is 14.2. The van der Waals surface area contributed by atoms with Crippen LogP contribution >= 0.6 is 0 Å². The van der Waals surface area contributed by atoms with Gasteiger partial charge in [0, 0.05) is 25.0 Å². The van der Waals surface area contributed by atoms with E-state index in [0.717, 1.165) is 18.9 Å². The molecule has 0 spiro atoms. The molecule has 3 nitrogen and oxygen atoms in total. The Morgan fingerprint density at radius 2 is 2.05 bits per heavy atom. The minimum Gasteiger partial charge on any atom is -0.314 e. The van der Waals surface area contributed by atoms with Gasteiger partial charge >= 0.3 is 0 Å². The number of aromatic nitrogens is 2. The number of hydrogen-bond acceptors (Lipinski definition) is 2. The van der Waals surface area contributed by atoms with Crippen LogP contribution in [0.4, 0.5) is 0 Å². The second-order valence-corrected chi connectivity index (χ2v) is 6.33. The van der Waals surface area contributed by atoms with E-state index < -0.39 is 0 Å². The fourth-order valence-electron chi connectivity index (χ4n) is 3.56. The van der Waals surface area contributed by atoms with Crippen molar-refractivity contribution in [3.05, 3.63) is 18.0 Å². The molecule has 1 aliphatic rings. The molecule has 1 atom stereocenters. The Morgan fingerprint density at radius 1 is 1.30 bits per heavy atom. The van der Waals surface area contributed by atoms with Gasteiger partial charge in [-0.1, -0.05) is 45.4 Å². The molecule has 0 saturated heterocycles. The predicted molar refractivity (Wildman–Crippen MR) is 84.8 cm³/mol. The smallest absolute Gasteiger partial charge is 0.0492 e. The van der Waals surface area contributed by atoms with Crippen LogP contribution in [0.25, 0.3) is 0 Å². The molecule has 0 aromatic carbocycles. The van der Waals surface area contributed by atoms with Crippen molar-refractivity contribution in [2.24, 2.45) is 13.0 Å². The molecule has 0 aliphatic heterocycles. The first-order valence-electron chi connectivity index (χ1n) is 8.50. The molecule has 1 fully saturated rings. The molecular formula is C17H31N3. The topological polar surface area (TPSA) is 29.9 Å². The maximum absolute atomic E-state index is 4.26. The summed E-state index contributed by atoms with van der Waals surface area (Å²) in [4.78, 5) is 0. The molecule has 114 valence electrons. The van der Waals surface area contributed by atoms with Crippen LogP contribution in [-0.2, 0) is 13.5 Å². The van der Waals surface area contributed by atoms with Gasteiger partial charge in [-0.2, -0.15) is 5.10 Å². The van der Waals surface area contributed by atoms with Crippen LogP contribution in [0.3, 0.4) is 0 Å². The Labute approximate surface area is 124 Å². The highest BCUT2D eigenvalue weighted by Crippen LogP contribution is 2.27. The molecule has 1 aromatic heterocycles. The van der Waals surface area contributed by atoms with E-state index in [9.17, 15) is 0 Å². The first kappa shape index (κ1) is 15.6. The van der Waals surface area contributed by atoms with E-state index in [1.165, 1.54) is 57.1 Å². The number of nitrogens with one attached hydrogen (secondary N) is 1. The van der Waals surface area contributed by atoms with Crippen LogP contribution < -0.4 is 5.32 Å². The monoisotopic (exact) mass is 277 g/mol. The van der Waals surface area contributed by atoms with E-state index in [1.54, 1.807) is 0 Å². The summed E-state index contributed by atoms with van der Waals surface area (Å²) in [6.45, 7) is 3.31. The molecule has 20 heavy (non-hydrogen) atoms. The Bertz CT molecular complexity index is 364. The van der Waals surface area contributed by atoms with Crippen LogP contribution in [0, 0.1) is 5.92 Å². The van der Waals surface area contributed by atoms with Gasteiger partial charge in [-0.05, 0) is 37.8 Å². The Balaban J connectivity index is 1.81. The second kappa shape index (κ2) is 8.46. The van der Waals surface area contributed by atoms with Crippen molar-refractivity contribution >= 4 is 0 Å². The van der Waals surface area contributed by atoms with Crippen LogP contribution in [0.15, 0.2) is 12.3 Å². The highest BCUT2D eigenvalue weighted by molar-refractivity contribution is 5.00. The van der Waals surface area contributed by atoms with E-state index in [2.05, 4.69) is 23.4 Å². The number of nitrogens with zero attached hydrogens (tertiary/aromatic N) is 2. The lowest BCUT2D eigenvalue weighted by molar-refractivity contribution is 0.341. The maximum atomic E-state index is 4.26. The number of hydrogen-bond donors (Lipinski definition) is 1. The van der Waals surface area contributed by atoms with Gasteiger partial charge in [-0.3, -0.25) is 4.68 Å². The third-order valence-corrected chi connectivity index (χ3v) is 4.76. The lowest BCUT2D eigenvalue weighted by Crippen LogP contribution is -2.31. The molecule has 2 rings (SSSR count). The van der Waals surface area contributed by atoms with Gasteiger partial charge in [0.05, 0.1) is 0 Å². The third kappa shape index (κ3) is 4.93. The maximum Gasteiger partial charge on any atom is 0.0492 e. The van der Waals surface area contributed by atoms with Gasteiger partial charge in [-0.25, -0.2) is 0 Å². The van der Waals surface area contributed by atoms with Crippen molar-refractivity contribution in [3.63, 3.8) is 0 Å². The minimum absolute atomic E-state index is 0.679. The summed E-state index contributed by atoms with van der Waals surface area (Å²) in [5.41, 5.74) is 1.36. The first-order chi connectivity index (χ1) is 9.79. The molecule has 1 heterocycles. The largest absolute Gasteiger partial charge is 0.314 e.